The first kappa shape index (κ1) is 22.4. The van der Waals surface area contributed by atoms with Gasteiger partial charge in [-0.25, -0.2) is 0 Å². The van der Waals surface area contributed by atoms with Crippen LogP contribution in [0.3, 0.4) is 0 Å². The van der Waals surface area contributed by atoms with E-state index in [1.54, 1.807) is 14.2 Å². The number of piperidine rings is 1. The number of carbonyl (C=O) groups excluding carboxylic acids is 1. The van der Waals surface area contributed by atoms with E-state index < -0.39 is 0 Å². The number of rotatable bonds is 7. The number of amides is 1. The number of morpholine rings is 1. The van der Waals surface area contributed by atoms with Crippen LogP contribution >= 0.6 is 0 Å². The van der Waals surface area contributed by atoms with Crippen LogP contribution in [-0.4, -0.2) is 93.9 Å². The average molecular weight is 432 g/mol. The predicted octanol–water partition coefficient (Wildman–Crippen LogP) is 2.10. The third-order valence-electron chi connectivity index (χ3n) is 6.85. The second kappa shape index (κ2) is 10.7. The van der Waals surface area contributed by atoms with E-state index >= 15 is 0 Å². The van der Waals surface area contributed by atoms with Gasteiger partial charge in [-0.15, -0.1) is 0 Å². The molecular formula is C24H37N3O4. The molecular weight excluding hydrogens is 394 g/mol. The van der Waals surface area contributed by atoms with Crippen LogP contribution in [0.1, 0.15) is 24.8 Å². The van der Waals surface area contributed by atoms with Gasteiger partial charge in [0.05, 0.1) is 33.4 Å². The summed E-state index contributed by atoms with van der Waals surface area (Å²) in [7, 11) is 3.33. The van der Waals surface area contributed by atoms with E-state index in [0.717, 1.165) is 96.3 Å². The second-order valence-corrected chi connectivity index (χ2v) is 9.13. The first-order valence-electron chi connectivity index (χ1n) is 11.7. The largest absolute Gasteiger partial charge is 0.493 e. The molecule has 2 atom stereocenters. The number of ether oxygens (including phenoxy) is 3. The highest BCUT2D eigenvalue weighted by Gasteiger charge is 2.35. The van der Waals surface area contributed by atoms with E-state index in [9.17, 15) is 4.79 Å². The van der Waals surface area contributed by atoms with Gasteiger partial charge < -0.3 is 19.1 Å². The van der Waals surface area contributed by atoms with Crippen molar-refractivity contribution in [2.45, 2.75) is 25.8 Å². The van der Waals surface area contributed by atoms with Crippen LogP contribution in [0.5, 0.6) is 11.5 Å². The van der Waals surface area contributed by atoms with Crippen molar-refractivity contribution in [1.82, 2.24) is 14.7 Å². The molecule has 1 amide bonds. The fourth-order valence-electron chi connectivity index (χ4n) is 5.32. The van der Waals surface area contributed by atoms with Gasteiger partial charge in [0.25, 0.3) is 0 Å². The topological polar surface area (TPSA) is 54.5 Å². The molecule has 0 unspecified atom stereocenters. The van der Waals surface area contributed by atoms with Gasteiger partial charge >= 0.3 is 0 Å². The minimum atomic E-state index is 0.0954. The van der Waals surface area contributed by atoms with Crippen molar-refractivity contribution in [3.63, 3.8) is 0 Å². The van der Waals surface area contributed by atoms with Gasteiger partial charge in [0.2, 0.25) is 5.91 Å². The minimum absolute atomic E-state index is 0.0954. The fraction of sp³-hybridized carbons (Fsp3) is 0.708. The Morgan fingerprint density at radius 2 is 1.74 bits per heavy atom. The van der Waals surface area contributed by atoms with Crippen LogP contribution in [0.15, 0.2) is 18.2 Å². The molecule has 3 aliphatic rings. The quantitative estimate of drug-likeness (QED) is 0.659. The zero-order chi connectivity index (χ0) is 21.6. The molecule has 0 spiro atoms. The van der Waals surface area contributed by atoms with Crippen LogP contribution < -0.4 is 9.47 Å². The number of hydrogen-bond donors (Lipinski definition) is 0. The molecule has 3 aliphatic heterocycles. The van der Waals surface area contributed by atoms with E-state index in [1.165, 1.54) is 5.56 Å². The maximum atomic E-state index is 13.2. The van der Waals surface area contributed by atoms with Gasteiger partial charge in [0.15, 0.2) is 11.5 Å². The van der Waals surface area contributed by atoms with Crippen LogP contribution in [0, 0.1) is 11.8 Å². The molecule has 7 nitrogen and oxygen atoms in total. The van der Waals surface area contributed by atoms with E-state index in [2.05, 4.69) is 26.8 Å². The van der Waals surface area contributed by atoms with E-state index in [1.807, 2.05) is 6.07 Å². The lowest BCUT2D eigenvalue weighted by Gasteiger charge is -2.40. The summed E-state index contributed by atoms with van der Waals surface area (Å²) in [6, 6.07) is 6.13. The zero-order valence-corrected chi connectivity index (χ0v) is 19.1. The number of likely N-dealkylation sites (tertiary alicyclic amines) is 2. The summed E-state index contributed by atoms with van der Waals surface area (Å²) in [4.78, 5) is 20.3. The first-order valence-corrected chi connectivity index (χ1v) is 11.7. The third-order valence-corrected chi connectivity index (χ3v) is 6.85. The number of nitrogens with zero attached hydrogens (tertiary/aromatic N) is 3. The van der Waals surface area contributed by atoms with Crippen molar-refractivity contribution in [2.24, 2.45) is 11.8 Å². The third kappa shape index (κ3) is 5.70. The summed E-state index contributed by atoms with van der Waals surface area (Å²) in [6.07, 6.45) is 3.28. The van der Waals surface area contributed by atoms with Crippen molar-refractivity contribution in [3.8, 4) is 11.5 Å². The Morgan fingerprint density at radius 1 is 1.00 bits per heavy atom. The summed E-state index contributed by atoms with van der Waals surface area (Å²) >= 11 is 0. The van der Waals surface area contributed by atoms with Crippen molar-refractivity contribution in [3.05, 3.63) is 23.8 Å². The Labute approximate surface area is 186 Å². The summed E-state index contributed by atoms with van der Waals surface area (Å²) in [5.41, 5.74) is 1.19. The summed E-state index contributed by atoms with van der Waals surface area (Å²) in [5, 5.41) is 0. The molecule has 0 N–H and O–H groups in total. The summed E-state index contributed by atoms with van der Waals surface area (Å²) in [6.45, 7) is 9.22. The zero-order valence-electron chi connectivity index (χ0n) is 19.1. The highest BCUT2D eigenvalue weighted by Crippen LogP contribution is 2.31. The van der Waals surface area contributed by atoms with Crippen LogP contribution in [0.4, 0.5) is 0 Å². The van der Waals surface area contributed by atoms with Gasteiger partial charge in [-0.05, 0) is 42.9 Å². The standard InChI is InChI=1S/C24H37N3O4/c1-29-22-6-5-19(14-23(22)30-2)15-26-17-20(16-25-9-11-31-12-10-25)13-21(18-26)24(28)27-7-3-4-8-27/h5-6,14,20-21H,3-4,7-13,15-18H2,1-2H3/t20-,21-/m1/s1. The highest BCUT2D eigenvalue weighted by molar-refractivity contribution is 5.79. The maximum absolute atomic E-state index is 13.2. The van der Waals surface area contributed by atoms with Gasteiger partial charge in [0, 0.05) is 52.4 Å². The fourth-order valence-corrected chi connectivity index (χ4v) is 5.32. The van der Waals surface area contributed by atoms with E-state index in [4.69, 9.17) is 14.2 Å². The number of methoxy groups -OCH3 is 2. The van der Waals surface area contributed by atoms with E-state index in [0.29, 0.717) is 11.8 Å². The lowest BCUT2D eigenvalue weighted by molar-refractivity contribution is -0.137. The molecule has 0 saturated carbocycles. The molecule has 3 saturated heterocycles. The number of carbonyl (C=O) groups is 1. The molecule has 1 aromatic carbocycles. The SMILES string of the molecule is COc1ccc(CN2C[C@@H](CN3CCOCC3)C[C@@H](C(=O)N3CCCC3)C2)cc1OC. The van der Waals surface area contributed by atoms with Crippen LogP contribution in [0.25, 0.3) is 0 Å². The number of benzene rings is 1. The average Bonchev–Trinajstić information content (AvgIpc) is 3.34. The van der Waals surface area contributed by atoms with Crippen molar-refractivity contribution in [1.29, 1.82) is 0 Å². The Balaban J connectivity index is 1.46. The predicted molar refractivity (Wildman–Crippen MR) is 119 cm³/mol. The molecule has 7 heteroatoms. The van der Waals surface area contributed by atoms with Crippen molar-refractivity contribution in [2.75, 3.05) is 73.2 Å². The van der Waals surface area contributed by atoms with Crippen LogP contribution in [0.2, 0.25) is 0 Å². The summed E-state index contributed by atoms with van der Waals surface area (Å²) in [5.74, 6) is 2.46. The van der Waals surface area contributed by atoms with Gasteiger partial charge in [-0.2, -0.15) is 0 Å². The maximum Gasteiger partial charge on any atom is 0.226 e. The molecule has 172 valence electrons. The second-order valence-electron chi connectivity index (χ2n) is 9.13. The minimum Gasteiger partial charge on any atom is -0.493 e. The lowest BCUT2D eigenvalue weighted by atomic mass is 9.87. The van der Waals surface area contributed by atoms with Crippen molar-refractivity contribution >= 4 is 5.91 Å². The van der Waals surface area contributed by atoms with Gasteiger partial charge in [-0.1, -0.05) is 6.07 Å². The Hall–Kier alpha value is -1.83. The molecule has 0 radical (unpaired) electrons. The van der Waals surface area contributed by atoms with E-state index in [-0.39, 0.29) is 5.92 Å². The van der Waals surface area contributed by atoms with Crippen LogP contribution in [-0.2, 0) is 16.1 Å². The monoisotopic (exact) mass is 431 g/mol. The lowest BCUT2D eigenvalue weighted by Crippen LogP contribution is -2.50. The molecule has 3 fully saturated rings. The van der Waals surface area contributed by atoms with Gasteiger partial charge in [-0.3, -0.25) is 14.6 Å². The molecule has 3 heterocycles. The Morgan fingerprint density at radius 3 is 2.45 bits per heavy atom. The Bertz CT molecular complexity index is 732. The molecule has 1 aromatic rings. The number of hydrogen-bond acceptors (Lipinski definition) is 6. The first-order chi connectivity index (χ1) is 15.2. The van der Waals surface area contributed by atoms with Crippen molar-refractivity contribution < 1.29 is 19.0 Å². The molecule has 0 aliphatic carbocycles. The Kier molecular flexibility index (Phi) is 7.69. The molecule has 0 bridgehead atoms. The molecule has 31 heavy (non-hydrogen) atoms. The van der Waals surface area contributed by atoms with Gasteiger partial charge in [0.1, 0.15) is 0 Å². The molecule has 4 rings (SSSR count). The highest BCUT2D eigenvalue weighted by atomic mass is 16.5. The molecule has 0 aromatic heterocycles. The normalized spacial score (nSPS) is 25.5. The summed E-state index contributed by atoms with van der Waals surface area (Å²) < 4.78 is 16.4. The smallest absolute Gasteiger partial charge is 0.226 e.